The van der Waals surface area contributed by atoms with E-state index in [1.165, 1.54) is 18.2 Å². The highest BCUT2D eigenvalue weighted by Gasteiger charge is 2.23. The number of hydrogen-bond donors (Lipinski definition) is 1. The van der Waals surface area contributed by atoms with Crippen LogP contribution in [0.5, 0.6) is 0 Å². The molecule has 0 spiro atoms. The van der Waals surface area contributed by atoms with E-state index < -0.39 is 10.8 Å². The van der Waals surface area contributed by atoms with Crippen molar-refractivity contribution in [1.82, 2.24) is 14.8 Å². The summed E-state index contributed by atoms with van der Waals surface area (Å²) in [4.78, 5) is 22.7. The minimum atomic E-state index is -0.630. The van der Waals surface area contributed by atoms with Crippen molar-refractivity contribution in [2.45, 2.75) is 25.8 Å². The van der Waals surface area contributed by atoms with Crippen molar-refractivity contribution in [3.05, 3.63) is 44.7 Å². The molecule has 0 aliphatic carbocycles. The van der Waals surface area contributed by atoms with E-state index in [1.54, 1.807) is 0 Å². The third-order valence-electron chi connectivity index (χ3n) is 3.48. The SMILES string of the molecule is O=C(Nc1nnc2n1CCCC2)c1cc(Cl)ccc1[N+](=O)[O-]. The van der Waals surface area contributed by atoms with Crippen LogP contribution in [-0.2, 0) is 13.0 Å². The minimum absolute atomic E-state index is 0.106. The number of aromatic nitrogens is 3. The van der Waals surface area contributed by atoms with Gasteiger partial charge in [-0.1, -0.05) is 11.6 Å². The number of hydrogen-bond acceptors (Lipinski definition) is 5. The number of anilines is 1. The second-order valence-corrected chi connectivity index (χ2v) is 5.36. The summed E-state index contributed by atoms with van der Waals surface area (Å²) in [5.41, 5.74) is -0.411. The molecule has 1 aromatic heterocycles. The van der Waals surface area contributed by atoms with Crippen LogP contribution in [0.3, 0.4) is 0 Å². The van der Waals surface area contributed by atoms with Crippen LogP contribution in [0.2, 0.25) is 5.02 Å². The van der Waals surface area contributed by atoms with Crippen LogP contribution in [0.1, 0.15) is 29.0 Å². The molecule has 0 bridgehead atoms. The van der Waals surface area contributed by atoms with Gasteiger partial charge in [0.1, 0.15) is 11.4 Å². The van der Waals surface area contributed by atoms with E-state index in [9.17, 15) is 14.9 Å². The van der Waals surface area contributed by atoms with Crippen molar-refractivity contribution in [3.63, 3.8) is 0 Å². The number of benzene rings is 1. The van der Waals surface area contributed by atoms with E-state index in [2.05, 4.69) is 15.5 Å². The van der Waals surface area contributed by atoms with Gasteiger partial charge < -0.3 is 0 Å². The Morgan fingerprint density at radius 3 is 2.95 bits per heavy atom. The molecule has 114 valence electrons. The maximum Gasteiger partial charge on any atom is 0.282 e. The van der Waals surface area contributed by atoms with Crippen LogP contribution in [0.15, 0.2) is 18.2 Å². The van der Waals surface area contributed by atoms with Gasteiger partial charge in [0.25, 0.3) is 11.6 Å². The summed E-state index contributed by atoms with van der Waals surface area (Å²) in [6.07, 6.45) is 2.82. The van der Waals surface area contributed by atoms with Crippen molar-refractivity contribution in [2.24, 2.45) is 0 Å². The summed E-state index contributed by atoms with van der Waals surface area (Å²) in [5, 5.41) is 21.8. The molecule has 1 aliphatic rings. The largest absolute Gasteiger partial charge is 0.297 e. The molecule has 3 rings (SSSR count). The van der Waals surface area contributed by atoms with Crippen molar-refractivity contribution in [1.29, 1.82) is 0 Å². The van der Waals surface area contributed by atoms with Crippen molar-refractivity contribution in [3.8, 4) is 0 Å². The smallest absolute Gasteiger partial charge is 0.282 e. The van der Waals surface area contributed by atoms with Gasteiger partial charge in [-0.15, -0.1) is 10.2 Å². The highest BCUT2D eigenvalue weighted by Crippen LogP contribution is 2.24. The first-order valence-corrected chi connectivity index (χ1v) is 7.11. The van der Waals surface area contributed by atoms with Crippen LogP contribution in [-0.4, -0.2) is 25.6 Å². The van der Waals surface area contributed by atoms with Crippen LogP contribution >= 0.6 is 11.6 Å². The summed E-state index contributed by atoms with van der Waals surface area (Å²) < 4.78 is 1.82. The second kappa shape index (κ2) is 5.72. The lowest BCUT2D eigenvalue weighted by Gasteiger charge is -2.14. The summed E-state index contributed by atoms with van der Waals surface area (Å²) in [7, 11) is 0. The standard InChI is InChI=1S/C13H12ClN5O3/c14-8-4-5-10(19(21)22)9(7-8)12(20)15-13-17-16-11-3-1-2-6-18(11)13/h4-5,7H,1-3,6H2,(H,15,17,20). The number of rotatable bonds is 3. The number of nitrogens with one attached hydrogen (secondary N) is 1. The van der Waals surface area contributed by atoms with E-state index in [-0.39, 0.29) is 16.3 Å². The molecule has 0 radical (unpaired) electrons. The zero-order chi connectivity index (χ0) is 15.7. The summed E-state index contributed by atoms with van der Waals surface area (Å²) >= 11 is 5.83. The van der Waals surface area contributed by atoms with Crippen molar-refractivity contribution < 1.29 is 9.72 Å². The monoisotopic (exact) mass is 321 g/mol. The normalized spacial score (nSPS) is 13.5. The van der Waals surface area contributed by atoms with E-state index in [4.69, 9.17) is 11.6 Å². The summed E-state index contributed by atoms with van der Waals surface area (Å²) in [5.74, 6) is 0.478. The fraction of sp³-hybridized carbons (Fsp3) is 0.308. The van der Waals surface area contributed by atoms with Gasteiger partial charge in [-0.05, 0) is 25.0 Å². The Morgan fingerprint density at radius 1 is 1.36 bits per heavy atom. The average Bonchev–Trinajstić information content (AvgIpc) is 2.90. The number of carbonyl (C=O) groups is 1. The number of aryl methyl sites for hydroxylation is 1. The van der Waals surface area contributed by atoms with Gasteiger partial charge in [-0.3, -0.25) is 24.8 Å². The quantitative estimate of drug-likeness (QED) is 0.690. The maximum atomic E-state index is 12.3. The van der Waals surface area contributed by atoms with Gasteiger partial charge in [-0.2, -0.15) is 0 Å². The number of nitro groups is 1. The van der Waals surface area contributed by atoms with Gasteiger partial charge in [0, 0.05) is 24.1 Å². The fourth-order valence-electron chi connectivity index (χ4n) is 2.42. The van der Waals surface area contributed by atoms with Crippen LogP contribution < -0.4 is 5.32 Å². The van der Waals surface area contributed by atoms with Crippen LogP contribution in [0, 0.1) is 10.1 Å². The number of nitrogens with zero attached hydrogens (tertiary/aromatic N) is 4. The van der Waals surface area contributed by atoms with Crippen LogP contribution in [0.25, 0.3) is 0 Å². The van der Waals surface area contributed by atoms with Crippen molar-refractivity contribution >= 4 is 29.1 Å². The third-order valence-corrected chi connectivity index (χ3v) is 3.72. The first-order chi connectivity index (χ1) is 10.6. The predicted molar refractivity (Wildman–Crippen MR) is 79.0 cm³/mol. The molecule has 1 aromatic carbocycles. The van der Waals surface area contributed by atoms with Gasteiger partial charge >= 0.3 is 0 Å². The molecule has 8 nitrogen and oxygen atoms in total. The van der Waals surface area contributed by atoms with E-state index in [1.807, 2.05) is 4.57 Å². The molecule has 0 saturated heterocycles. The fourth-order valence-corrected chi connectivity index (χ4v) is 2.59. The highest BCUT2D eigenvalue weighted by molar-refractivity contribution is 6.31. The molecule has 1 N–H and O–H groups in total. The summed E-state index contributed by atoms with van der Waals surface area (Å²) in [6, 6.07) is 3.84. The van der Waals surface area contributed by atoms with E-state index in [0.29, 0.717) is 5.95 Å². The Balaban J connectivity index is 1.91. The third kappa shape index (κ3) is 2.64. The van der Waals surface area contributed by atoms with Crippen molar-refractivity contribution in [2.75, 3.05) is 5.32 Å². The number of fused-ring (bicyclic) bond motifs is 1. The molecular formula is C13H12ClN5O3. The molecule has 2 heterocycles. The molecule has 9 heteroatoms. The first kappa shape index (κ1) is 14.5. The van der Waals surface area contributed by atoms with Gasteiger partial charge in [0.15, 0.2) is 0 Å². The number of carbonyl (C=O) groups excluding carboxylic acids is 1. The minimum Gasteiger partial charge on any atom is -0.297 e. The zero-order valence-electron chi connectivity index (χ0n) is 11.5. The Morgan fingerprint density at radius 2 is 2.18 bits per heavy atom. The molecule has 0 unspecified atom stereocenters. The highest BCUT2D eigenvalue weighted by atomic mass is 35.5. The Labute approximate surface area is 130 Å². The molecule has 2 aromatic rings. The molecule has 0 saturated carbocycles. The predicted octanol–water partition coefficient (Wildman–Crippen LogP) is 2.43. The molecular weight excluding hydrogens is 310 g/mol. The van der Waals surface area contributed by atoms with Gasteiger partial charge in [0.2, 0.25) is 5.95 Å². The lowest BCUT2D eigenvalue weighted by atomic mass is 10.1. The molecule has 1 amide bonds. The average molecular weight is 322 g/mol. The lowest BCUT2D eigenvalue weighted by Crippen LogP contribution is -2.19. The number of amides is 1. The lowest BCUT2D eigenvalue weighted by molar-refractivity contribution is -0.385. The maximum absolute atomic E-state index is 12.3. The summed E-state index contributed by atoms with van der Waals surface area (Å²) in [6.45, 7) is 0.718. The molecule has 1 aliphatic heterocycles. The Kier molecular flexibility index (Phi) is 3.76. The topological polar surface area (TPSA) is 103 Å². The van der Waals surface area contributed by atoms with Crippen LogP contribution in [0.4, 0.5) is 11.6 Å². The van der Waals surface area contributed by atoms with Gasteiger partial charge in [-0.25, -0.2) is 0 Å². The first-order valence-electron chi connectivity index (χ1n) is 6.73. The van der Waals surface area contributed by atoms with E-state index >= 15 is 0 Å². The number of nitro benzene ring substituents is 1. The van der Waals surface area contributed by atoms with Gasteiger partial charge in [0.05, 0.1) is 4.92 Å². The number of halogens is 1. The molecule has 0 atom stereocenters. The Bertz CT molecular complexity index is 758. The second-order valence-electron chi connectivity index (χ2n) is 4.92. The molecule has 22 heavy (non-hydrogen) atoms. The van der Waals surface area contributed by atoms with E-state index in [0.717, 1.165) is 31.6 Å². The molecule has 0 fully saturated rings. The zero-order valence-corrected chi connectivity index (χ0v) is 12.2. The Hall–Kier alpha value is -2.48.